The molecule has 0 aromatic rings. The Balaban J connectivity index is 1.62. The van der Waals surface area contributed by atoms with Crippen LogP contribution in [0.4, 0.5) is 0 Å². The van der Waals surface area contributed by atoms with Crippen LogP contribution in [-0.2, 0) is 19.1 Å². The van der Waals surface area contributed by atoms with Crippen molar-refractivity contribution < 1.29 is 24.2 Å². The second kappa shape index (κ2) is 6.86. The number of carboxylic acids is 1. The maximum atomic E-state index is 11.9. The fourth-order valence-corrected chi connectivity index (χ4v) is 2.25. The first-order chi connectivity index (χ1) is 9.16. The fourth-order valence-electron chi connectivity index (χ4n) is 2.25. The van der Waals surface area contributed by atoms with E-state index in [-0.39, 0.29) is 31.0 Å². The van der Waals surface area contributed by atoms with E-state index in [9.17, 15) is 9.59 Å². The molecule has 1 aliphatic heterocycles. The number of hydrogen-bond acceptors (Lipinski definition) is 4. The molecular formula is C13H21NO5. The highest BCUT2D eigenvalue weighted by atomic mass is 16.5. The molecule has 0 bridgehead atoms. The van der Waals surface area contributed by atoms with Gasteiger partial charge in [-0.3, -0.25) is 9.59 Å². The van der Waals surface area contributed by atoms with Crippen molar-refractivity contribution in [1.82, 2.24) is 4.90 Å². The van der Waals surface area contributed by atoms with Crippen molar-refractivity contribution in [3.63, 3.8) is 0 Å². The molecule has 1 aliphatic carbocycles. The topological polar surface area (TPSA) is 76.1 Å². The van der Waals surface area contributed by atoms with Crippen LogP contribution < -0.4 is 0 Å². The normalized spacial score (nSPS) is 22.4. The molecule has 1 heterocycles. The van der Waals surface area contributed by atoms with Gasteiger partial charge in [-0.1, -0.05) is 0 Å². The third kappa shape index (κ3) is 4.80. The maximum absolute atomic E-state index is 11.9. The Morgan fingerprint density at radius 1 is 1.32 bits per heavy atom. The van der Waals surface area contributed by atoms with Gasteiger partial charge < -0.3 is 19.5 Å². The average molecular weight is 271 g/mol. The lowest BCUT2D eigenvalue weighted by Crippen LogP contribution is -2.38. The first-order valence-corrected chi connectivity index (χ1v) is 6.87. The van der Waals surface area contributed by atoms with Gasteiger partial charge in [-0.15, -0.1) is 0 Å². The van der Waals surface area contributed by atoms with Gasteiger partial charge in [0, 0.05) is 12.6 Å². The largest absolute Gasteiger partial charge is 0.480 e. The summed E-state index contributed by atoms with van der Waals surface area (Å²) in [4.78, 5) is 24.1. The maximum Gasteiger partial charge on any atom is 0.323 e. The van der Waals surface area contributed by atoms with Gasteiger partial charge in [0.2, 0.25) is 5.91 Å². The number of carboxylic acid groups (broad SMARTS) is 1. The first-order valence-electron chi connectivity index (χ1n) is 6.87. The molecule has 19 heavy (non-hydrogen) atoms. The van der Waals surface area contributed by atoms with Gasteiger partial charge >= 0.3 is 5.97 Å². The van der Waals surface area contributed by atoms with Gasteiger partial charge in [-0.25, -0.2) is 0 Å². The van der Waals surface area contributed by atoms with Crippen LogP contribution in [0, 0.1) is 0 Å². The van der Waals surface area contributed by atoms with E-state index in [1.165, 1.54) is 4.90 Å². The standard InChI is InChI=1S/C13H21NO5/c15-12(14(8-13(16)17)10-3-4-10)5-7-18-9-11-2-1-6-19-11/h10-11H,1-9H2,(H,16,17). The van der Waals surface area contributed by atoms with E-state index < -0.39 is 5.97 Å². The Morgan fingerprint density at radius 3 is 2.68 bits per heavy atom. The minimum absolute atomic E-state index is 0.127. The Bertz CT molecular complexity index is 323. The molecule has 1 saturated carbocycles. The minimum Gasteiger partial charge on any atom is -0.480 e. The zero-order valence-corrected chi connectivity index (χ0v) is 11.0. The first kappa shape index (κ1) is 14.3. The Hall–Kier alpha value is -1.14. The molecule has 6 heteroatoms. The van der Waals surface area contributed by atoms with Gasteiger partial charge in [0.15, 0.2) is 0 Å². The molecule has 1 amide bonds. The number of rotatable bonds is 8. The number of hydrogen-bond donors (Lipinski definition) is 1. The molecule has 2 aliphatic rings. The molecular weight excluding hydrogens is 250 g/mol. The lowest BCUT2D eigenvalue weighted by atomic mass is 10.2. The van der Waals surface area contributed by atoms with Gasteiger partial charge in [0.1, 0.15) is 6.54 Å². The van der Waals surface area contributed by atoms with Crippen LogP contribution in [-0.4, -0.2) is 60.4 Å². The summed E-state index contributed by atoms with van der Waals surface area (Å²) in [6, 6.07) is 0.127. The summed E-state index contributed by atoms with van der Waals surface area (Å²) in [6.45, 7) is 1.45. The highest BCUT2D eigenvalue weighted by Crippen LogP contribution is 2.27. The number of carbonyl (C=O) groups is 2. The lowest BCUT2D eigenvalue weighted by molar-refractivity contribution is -0.145. The summed E-state index contributed by atoms with van der Waals surface area (Å²) in [7, 11) is 0. The van der Waals surface area contributed by atoms with Crippen molar-refractivity contribution in [2.45, 2.75) is 44.2 Å². The second-order valence-corrected chi connectivity index (χ2v) is 5.11. The number of nitrogens with zero attached hydrogens (tertiary/aromatic N) is 1. The van der Waals surface area contributed by atoms with Crippen molar-refractivity contribution in [2.24, 2.45) is 0 Å². The number of ether oxygens (including phenoxy) is 2. The van der Waals surface area contributed by atoms with Crippen molar-refractivity contribution in [2.75, 3.05) is 26.4 Å². The molecule has 1 atom stereocenters. The quantitative estimate of drug-likeness (QED) is 0.656. The van der Waals surface area contributed by atoms with Crippen molar-refractivity contribution in [3.05, 3.63) is 0 Å². The van der Waals surface area contributed by atoms with Crippen LogP contribution in [0.5, 0.6) is 0 Å². The summed E-state index contributed by atoms with van der Waals surface area (Å²) < 4.78 is 10.8. The third-order valence-corrected chi connectivity index (χ3v) is 3.40. The molecule has 6 nitrogen and oxygen atoms in total. The second-order valence-electron chi connectivity index (χ2n) is 5.11. The number of amides is 1. The molecule has 1 unspecified atom stereocenters. The molecule has 0 spiro atoms. The molecule has 1 saturated heterocycles. The molecule has 2 fully saturated rings. The van der Waals surface area contributed by atoms with E-state index in [2.05, 4.69) is 0 Å². The molecule has 1 N–H and O–H groups in total. The highest BCUT2D eigenvalue weighted by molar-refractivity contribution is 5.82. The predicted molar refractivity (Wildman–Crippen MR) is 66.8 cm³/mol. The summed E-state index contributed by atoms with van der Waals surface area (Å²) in [5.74, 6) is -1.09. The summed E-state index contributed by atoms with van der Waals surface area (Å²) in [5.41, 5.74) is 0. The van der Waals surface area contributed by atoms with Gasteiger partial charge in [-0.05, 0) is 25.7 Å². The molecule has 108 valence electrons. The van der Waals surface area contributed by atoms with E-state index in [0.29, 0.717) is 13.2 Å². The van der Waals surface area contributed by atoms with Gasteiger partial charge in [0.05, 0.1) is 25.7 Å². The van der Waals surface area contributed by atoms with Crippen LogP contribution in [0.2, 0.25) is 0 Å². The molecule has 0 radical (unpaired) electrons. The molecule has 0 aromatic heterocycles. The average Bonchev–Trinajstić information content (AvgIpc) is 3.08. The van der Waals surface area contributed by atoms with Crippen LogP contribution in [0.15, 0.2) is 0 Å². The van der Waals surface area contributed by atoms with Gasteiger partial charge in [0.25, 0.3) is 0 Å². The van der Waals surface area contributed by atoms with Crippen LogP contribution in [0.1, 0.15) is 32.1 Å². The fraction of sp³-hybridized carbons (Fsp3) is 0.846. The van der Waals surface area contributed by atoms with Crippen molar-refractivity contribution in [3.8, 4) is 0 Å². The number of aliphatic carboxylic acids is 1. The number of carbonyl (C=O) groups excluding carboxylic acids is 1. The van der Waals surface area contributed by atoms with E-state index >= 15 is 0 Å². The van der Waals surface area contributed by atoms with E-state index in [1.807, 2.05) is 0 Å². The van der Waals surface area contributed by atoms with E-state index in [4.69, 9.17) is 14.6 Å². The third-order valence-electron chi connectivity index (χ3n) is 3.40. The van der Waals surface area contributed by atoms with Crippen LogP contribution >= 0.6 is 0 Å². The minimum atomic E-state index is -0.958. The summed E-state index contributed by atoms with van der Waals surface area (Å²) in [6.07, 6.45) is 4.32. The summed E-state index contributed by atoms with van der Waals surface area (Å²) >= 11 is 0. The zero-order chi connectivity index (χ0) is 13.7. The lowest BCUT2D eigenvalue weighted by Gasteiger charge is -2.20. The van der Waals surface area contributed by atoms with E-state index in [1.54, 1.807) is 0 Å². The van der Waals surface area contributed by atoms with Gasteiger partial charge in [-0.2, -0.15) is 0 Å². The smallest absolute Gasteiger partial charge is 0.323 e. The monoisotopic (exact) mass is 271 g/mol. The Kier molecular flexibility index (Phi) is 5.15. The van der Waals surface area contributed by atoms with E-state index in [0.717, 1.165) is 32.3 Å². The zero-order valence-electron chi connectivity index (χ0n) is 11.0. The highest BCUT2D eigenvalue weighted by Gasteiger charge is 2.33. The van der Waals surface area contributed by atoms with Crippen LogP contribution in [0.3, 0.4) is 0 Å². The van der Waals surface area contributed by atoms with Crippen molar-refractivity contribution >= 4 is 11.9 Å². The Labute approximate surface area is 112 Å². The summed E-state index contributed by atoms with van der Waals surface area (Å²) in [5, 5.41) is 8.78. The van der Waals surface area contributed by atoms with Crippen molar-refractivity contribution in [1.29, 1.82) is 0 Å². The molecule has 0 aromatic carbocycles. The Morgan fingerprint density at radius 2 is 2.11 bits per heavy atom. The molecule has 2 rings (SSSR count). The van der Waals surface area contributed by atoms with Crippen LogP contribution in [0.25, 0.3) is 0 Å². The SMILES string of the molecule is O=C(O)CN(C(=O)CCOCC1CCCO1)C1CC1. The predicted octanol–water partition coefficient (Wildman–Crippen LogP) is 0.648.